The van der Waals surface area contributed by atoms with Crippen LogP contribution in [0.2, 0.25) is 0 Å². The van der Waals surface area contributed by atoms with Crippen molar-refractivity contribution in [2.75, 3.05) is 10.8 Å². The molecule has 2 aromatic rings. The predicted molar refractivity (Wildman–Crippen MR) is 103 cm³/mol. The summed E-state index contributed by atoms with van der Waals surface area (Å²) in [7, 11) is -4.19. The standard InChI is InChI=1S/C20H19F3N2O4S/c1-19(2,3)29-18(26)25(13-30(27,28)15-7-5-4-6-8-15)17-10-9-14(12-24)11-16(17)20(21,22)23/h4-11H,13H2,1-3H3. The number of benzene rings is 2. The molecule has 0 heterocycles. The van der Waals surface area contributed by atoms with Gasteiger partial charge in [0, 0.05) is 0 Å². The topological polar surface area (TPSA) is 87.5 Å². The zero-order valence-corrected chi connectivity index (χ0v) is 17.2. The Kier molecular flexibility index (Phi) is 6.47. The number of hydrogen-bond acceptors (Lipinski definition) is 5. The number of nitriles is 1. The first kappa shape index (κ1) is 23.2. The van der Waals surface area contributed by atoms with Gasteiger partial charge in [0.25, 0.3) is 0 Å². The van der Waals surface area contributed by atoms with Crippen molar-refractivity contribution in [3.05, 3.63) is 59.7 Å². The Morgan fingerprint density at radius 2 is 1.70 bits per heavy atom. The average molecular weight is 440 g/mol. The summed E-state index contributed by atoms with van der Waals surface area (Å²) in [6.07, 6.45) is -6.21. The summed E-state index contributed by atoms with van der Waals surface area (Å²) in [6, 6.07) is 11.1. The number of carbonyl (C=O) groups is 1. The number of ether oxygens (including phenoxy) is 1. The van der Waals surface area contributed by atoms with Crippen molar-refractivity contribution in [1.82, 2.24) is 0 Å². The Labute approximate surface area is 172 Å². The fraction of sp³-hybridized carbons (Fsp3) is 0.300. The van der Waals surface area contributed by atoms with Gasteiger partial charge in [-0.1, -0.05) is 18.2 Å². The third-order valence-electron chi connectivity index (χ3n) is 3.74. The second-order valence-electron chi connectivity index (χ2n) is 7.31. The molecule has 0 fully saturated rings. The number of amides is 1. The van der Waals surface area contributed by atoms with Crippen LogP contribution in [0.15, 0.2) is 53.4 Å². The van der Waals surface area contributed by atoms with Crippen LogP contribution in [0.1, 0.15) is 31.9 Å². The number of alkyl halides is 3. The molecule has 0 saturated carbocycles. The van der Waals surface area contributed by atoms with Crippen molar-refractivity contribution in [2.45, 2.75) is 37.4 Å². The van der Waals surface area contributed by atoms with Crippen molar-refractivity contribution >= 4 is 21.6 Å². The zero-order valence-electron chi connectivity index (χ0n) is 16.4. The fourth-order valence-corrected chi connectivity index (χ4v) is 3.78. The summed E-state index contributed by atoms with van der Waals surface area (Å²) in [4.78, 5) is 13.0. The number of carbonyl (C=O) groups excluding carboxylic acids is 1. The highest BCUT2D eigenvalue weighted by atomic mass is 32.2. The third kappa shape index (κ3) is 5.73. The van der Waals surface area contributed by atoms with Gasteiger partial charge in [-0.15, -0.1) is 0 Å². The van der Waals surface area contributed by atoms with Crippen LogP contribution in [-0.4, -0.2) is 26.0 Å². The first-order chi connectivity index (χ1) is 13.7. The van der Waals surface area contributed by atoms with Gasteiger partial charge >= 0.3 is 12.3 Å². The van der Waals surface area contributed by atoms with Gasteiger partial charge in [-0.3, -0.25) is 4.90 Å². The molecule has 0 saturated heterocycles. The monoisotopic (exact) mass is 440 g/mol. The van der Waals surface area contributed by atoms with E-state index in [0.29, 0.717) is 11.0 Å². The largest absolute Gasteiger partial charge is 0.443 e. The summed E-state index contributed by atoms with van der Waals surface area (Å²) in [6.45, 7) is 4.49. The van der Waals surface area contributed by atoms with Crippen LogP contribution in [0.4, 0.5) is 23.7 Å². The minimum Gasteiger partial charge on any atom is -0.443 e. The molecule has 0 spiro atoms. The molecular weight excluding hydrogens is 421 g/mol. The fourth-order valence-electron chi connectivity index (χ4n) is 2.48. The molecule has 0 aliphatic rings. The molecular formula is C20H19F3N2O4S. The summed E-state index contributed by atoms with van der Waals surface area (Å²) in [5.41, 5.74) is -3.43. The number of nitrogens with zero attached hydrogens (tertiary/aromatic N) is 2. The Morgan fingerprint density at radius 1 is 1.10 bits per heavy atom. The molecule has 0 aliphatic heterocycles. The van der Waals surface area contributed by atoms with Crippen molar-refractivity contribution in [3.8, 4) is 6.07 Å². The lowest BCUT2D eigenvalue weighted by molar-refractivity contribution is -0.137. The van der Waals surface area contributed by atoms with E-state index in [-0.39, 0.29) is 10.5 Å². The quantitative estimate of drug-likeness (QED) is 0.685. The zero-order chi connectivity index (χ0) is 22.7. The molecule has 0 N–H and O–H groups in total. The number of anilines is 1. The molecule has 160 valence electrons. The Bertz CT molecular complexity index is 1070. The van der Waals surface area contributed by atoms with E-state index < -0.39 is 44.8 Å². The van der Waals surface area contributed by atoms with Gasteiger partial charge in [0.05, 0.1) is 27.8 Å². The van der Waals surface area contributed by atoms with E-state index in [2.05, 4.69) is 0 Å². The van der Waals surface area contributed by atoms with E-state index in [1.165, 1.54) is 45.0 Å². The third-order valence-corrected chi connectivity index (χ3v) is 5.33. The average Bonchev–Trinajstić information content (AvgIpc) is 2.64. The second-order valence-corrected chi connectivity index (χ2v) is 9.27. The lowest BCUT2D eigenvalue weighted by Crippen LogP contribution is -2.41. The van der Waals surface area contributed by atoms with Crippen molar-refractivity contribution in [3.63, 3.8) is 0 Å². The van der Waals surface area contributed by atoms with Gasteiger partial charge in [0.2, 0.25) is 0 Å². The van der Waals surface area contributed by atoms with Gasteiger partial charge < -0.3 is 4.74 Å². The van der Waals surface area contributed by atoms with Crippen LogP contribution in [0, 0.1) is 11.3 Å². The van der Waals surface area contributed by atoms with Gasteiger partial charge in [-0.2, -0.15) is 18.4 Å². The Hall–Kier alpha value is -3.06. The van der Waals surface area contributed by atoms with Crippen molar-refractivity contribution in [2.24, 2.45) is 0 Å². The highest BCUT2D eigenvalue weighted by Crippen LogP contribution is 2.38. The van der Waals surface area contributed by atoms with Crippen LogP contribution in [0.3, 0.4) is 0 Å². The first-order valence-corrected chi connectivity index (χ1v) is 10.3. The molecule has 0 aromatic heterocycles. The van der Waals surface area contributed by atoms with Crippen molar-refractivity contribution < 1.29 is 31.1 Å². The van der Waals surface area contributed by atoms with Crippen LogP contribution < -0.4 is 4.90 Å². The summed E-state index contributed by atoms with van der Waals surface area (Å²) in [5.74, 6) is -1.08. The Balaban J connectivity index is 2.64. The highest BCUT2D eigenvalue weighted by molar-refractivity contribution is 7.91. The number of hydrogen-bond donors (Lipinski definition) is 0. The minimum atomic E-state index is -4.95. The minimum absolute atomic E-state index is 0.166. The van der Waals surface area contributed by atoms with Crippen LogP contribution >= 0.6 is 0 Å². The molecule has 2 rings (SSSR count). The van der Waals surface area contributed by atoms with E-state index in [9.17, 15) is 26.4 Å². The van der Waals surface area contributed by atoms with Crippen LogP contribution in [0.5, 0.6) is 0 Å². The molecule has 6 nitrogen and oxygen atoms in total. The smallest absolute Gasteiger partial charge is 0.418 e. The normalized spacial score (nSPS) is 12.2. The molecule has 10 heteroatoms. The number of halogens is 3. The molecule has 0 unspecified atom stereocenters. The van der Waals surface area contributed by atoms with E-state index in [4.69, 9.17) is 10.00 Å². The van der Waals surface area contributed by atoms with E-state index in [1.54, 1.807) is 12.1 Å². The molecule has 2 aromatic carbocycles. The highest BCUT2D eigenvalue weighted by Gasteiger charge is 2.39. The summed E-state index contributed by atoms with van der Waals surface area (Å²) >= 11 is 0. The van der Waals surface area contributed by atoms with Crippen LogP contribution in [0.25, 0.3) is 0 Å². The SMILES string of the molecule is CC(C)(C)OC(=O)N(CS(=O)(=O)c1ccccc1)c1ccc(C#N)cc1C(F)(F)F. The second kappa shape index (κ2) is 8.36. The van der Waals surface area contributed by atoms with E-state index in [0.717, 1.165) is 12.1 Å². The lowest BCUT2D eigenvalue weighted by Gasteiger charge is -2.29. The number of rotatable bonds is 4. The summed E-state index contributed by atoms with van der Waals surface area (Å²) in [5, 5.41) is 8.94. The molecule has 1 amide bonds. The van der Waals surface area contributed by atoms with Crippen molar-refractivity contribution in [1.29, 1.82) is 5.26 Å². The van der Waals surface area contributed by atoms with E-state index in [1.807, 2.05) is 0 Å². The van der Waals surface area contributed by atoms with E-state index >= 15 is 0 Å². The van der Waals surface area contributed by atoms with Gasteiger partial charge in [0.1, 0.15) is 11.5 Å². The molecule has 0 bridgehead atoms. The summed E-state index contributed by atoms with van der Waals surface area (Å²) < 4.78 is 71.7. The predicted octanol–water partition coefficient (Wildman–Crippen LogP) is 4.75. The molecule has 30 heavy (non-hydrogen) atoms. The van der Waals surface area contributed by atoms with Gasteiger partial charge in [-0.05, 0) is 51.1 Å². The maximum absolute atomic E-state index is 13.6. The number of sulfone groups is 1. The molecule has 0 radical (unpaired) electrons. The van der Waals surface area contributed by atoms with Gasteiger partial charge in [0.15, 0.2) is 9.84 Å². The Morgan fingerprint density at radius 3 is 2.20 bits per heavy atom. The van der Waals surface area contributed by atoms with Crippen LogP contribution in [-0.2, 0) is 20.8 Å². The molecule has 0 atom stereocenters. The maximum Gasteiger partial charge on any atom is 0.418 e. The molecule has 0 aliphatic carbocycles. The maximum atomic E-state index is 13.6. The lowest BCUT2D eigenvalue weighted by atomic mass is 10.1. The first-order valence-electron chi connectivity index (χ1n) is 8.64. The van der Waals surface area contributed by atoms with Gasteiger partial charge in [-0.25, -0.2) is 13.2 Å².